The van der Waals surface area contributed by atoms with Gasteiger partial charge in [-0.2, -0.15) is 0 Å². The van der Waals surface area contributed by atoms with Crippen molar-refractivity contribution in [1.82, 2.24) is 5.32 Å². The molecular formula is C14H21FN2O3S. The normalized spacial score (nSPS) is 13.9. The second kappa shape index (κ2) is 5.73. The molecule has 5 nitrogen and oxygen atoms in total. The van der Waals surface area contributed by atoms with Crippen molar-refractivity contribution in [3.8, 4) is 0 Å². The number of hydrogen-bond acceptors (Lipinski definition) is 3. The van der Waals surface area contributed by atoms with Gasteiger partial charge in [-0.05, 0) is 37.0 Å². The molecule has 1 rings (SSSR count). The van der Waals surface area contributed by atoms with Crippen molar-refractivity contribution in [2.24, 2.45) is 10.6 Å². The zero-order valence-electron chi connectivity index (χ0n) is 12.8. The van der Waals surface area contributed by atoms with Crippen LogP contribution in [0.25, 0.3) is 0 Å². The molecule has 7 heteroatoms. The molecule has 0 aliphatic heterocycles. The summed E-state index contributed by atoms with van der Waals surface area (Å²) < 4.78 is 36.5. The number of hydrogen-bond donors (Lipinski definition) is 2. The monoisotopic (exact) mass is 316 g/mol. The Kier molecular flexibility index (Phi) is 4.80. The van der Waals surface area contributed by atoms with E-state index in [0.29, 0.717) is 0 Å². The molecule has 1 amide bonds. The van der Waals surface area contributed by atoms with Crippen LogP contribution in [0.1, 0.15) is 43.6 Å². The van der Waals surface area contributed by atoms with E-state index in [-0.39, 0.29) is 22.6 Å². The Morgan fingerprint density at radius 3 is 2.29 bits per heavy atom. The van der Waals surface area contributed by atoms with E-state index in [9.17, 15) is 17.6 Å². The van der Waals surface area contributed by atoms with Gasteiger partial charge in [-0.25, -0.2) is 17.9 Å². The summed E-state index contributed by atoms with van der Waals surface area (Å²) in [5, 5.41) is 7.73. The van der Waals surface area contributed by atoms with Crippen LogP contribution in [0.4, 0.5) is 4.39 Å². The standard InChI is InChI=1S/C14H21FN2O3S/c1-8-6-10(7-11(12(8)15)21(16,19)20)13(18)17-9(2)14(3,4)5/h6-7,9H,1-5H3,(H,17,18)(H2,16,19,20). The summed E-state index contributed by atoms with van der Waals surface area (Å²) in [4.78, 5) is 11.5. The topological polar surface area (TPSA) is 89.3 Å². The Morgan fingerprint density at radius 2 is 1.86 bits per heavy atom. The summed E-state index contributed by atoms with van der Waals surface area (Å²) in [6.07, 6.45) is 0. The summed E-state index contributed by atoms with van der Waals surface area (Å²) in [5.41, 5.74) is -0.0443. The Balaban J connectivity index is 3.21. The van der Waals surface area contributed by atoms with Crippen molar-refractivity contribution in [3.63, 3.8) is 0 Å². The minimum atomic E-state index is -4.22. The van der Waals surface area contributed by atoms with Crippen LogP contribution in [0.2, 0.25) is 0 Å². The zero-order valence-corrected chi connectivity index (χ0v) is 13.6. The van der Waals surface area contributed by atoms with Crippen LogP contribution >= 0.6 is 0 Å². The van der Waals surface area contributed by atoms with Gasteiger partial charge in [0.05, 0.1) is 0 Å². The van der Waals surface area contributed by atoms with Gasteiger partial charge in [0, 0.05) is 11.6 Å². The van der Waals surface area contributed by atoms with Gasteiger partial charge in [-0.1, -0.05) is 20.8 Å². The number of nitrogens with one attached hydrogen (secondary N) is 1. The lowest BCUT2D eigenvalue weighted by atomic mass is 9.88. The molecule has 0 saturated carbocycles. The van der Waals surface area contributed by atoms with E-state index in [0.717, 1.165) is 6.07 Å². The van der Waals surface area contributed by atoms with Gasteiger partial charge in [0.25, 0.3) is 5.91 Å². The van der Waals surface area contributed by atoms with E-state index in [1.165, 1.54) is 13.0 Å². The second-order valence-corrected chi connectivity index (χ2v) is 7.74. The fourth-order valence-corrected chi connectivity index (χ4v) is 2.27. The Labute approximate surface area is 124 Å². The fourth-order valence-electron chi connectivity index (χ4n) is 1.57. The number of sulfonamides is 1. The molecule has 0 heterocycles. The second-order valence-electron chi connectivity index (χ2n) is 6.21. The third kappa shape index (κ3) is 4.25. The molecule has 0 fully saturated rings. The number of halogens is 1. The van der Waals surface area contributed by atoms with Crippen molar-refractivity contribution < 1.29 is 17.6 Å². The van der Waals surface area contributed by atoms with Crippen LogP contribution in [0.3, 0.4) is 0 Å². The van der Waals surface area contributed by atoms with E-state index in [1.54, 1.807) is 0 Å². The summed E-state index contributed by atoms with van der Waals surface area (Å²) >= 11 is 0. The van der Waals surface area contributed by atoms with Crippen molar-refractivity contribution in [1.29, 1.82) is 0 Å². The quantitative estimate of drug-likeness (QED) is 0.893. The van der Waals surface area contributed by atoms with Crippen molar-refractivity contribution >= 4 is 15.9 Å². The molecule has 0 aliphatic carbocycles. The van der Waals surface area contributed by atoms with Crippen molar-refractivity contribution in [3.05, 3.63) is 29.1 Å². The highest BCUT2D eigenvalue weighted by Crippen LogP contribution is 2.21. The number of rotatable bonds is 3. The molecular weight excluding hydrogens is 295 g/mol. The number of carbonyl (C=O) groups excluding carboxylic acids is 1. The van der Waals surface area contributed by atoms with Crippen LogP contribution in [-0.2, 0) is 10.0 Å². The smallest absolute Gasteiger partial charge is 0.251 e. The van der Waals surface area contributed by atoms with Crippen LogP contribution < -0.4 is 10.5 Å². The van der Waals surface area contributed by atoms with Crippen LogP contribution in [0.5, 0.6) is 0 Å². The van der Waals surface area contributed by atoms with E-state index in [2.05, 4.69) is 5.32 Å². The molecule has 1 aromatic carbocycles. The maximum atomic E-state index is 13.8. The first-order valence-corrected chi connectivity index (χ1v) is 8.02. The van der Waals surface area contributed by atoms with E-state index in [1.807, 2.05) is 27.7 Å². The predicted molar refractivity (Wildman–Crippen MR) is 78.9 cm³/mol. The molecule has 1 aromatic rings. The predicted octanol–water partition coefficient (Wildman–Crippen LogP) is 1.95. The third-order valence-electron chi connectivity index (χ3n) is 3.44. The average Bonchev–Trinajstić information content (AvgIpc) is 2.29. The highest BCUT2D eigenvalue weighted by Gasteiger charge is 2.24. The maximum Gasteiger partial charge on any atom is 0.251 e. The van der Waals surface area contributed by atoms with Crippen LogP contribution in [0.15, 0.2) is 17.0 Å². The summed E-state index contributed by atoms with van der Waals surface area (Å²) in [6, 6.07) is 2.12. The van der Waals surface area contributed by atoms with Crippen LogP contribution in [0, 0.1) is 18.2 Å². The SMILES string of the molecule is Cc1cc(C(=O)NC(C)C(C)(C)C)cc(S(N)(=O)=O)c1F. The molecule has 0 radical (unpaired) electrons. The first-order valence-electron chi connectivity index (χ1n) is 6.48. The lowest BCUT2D eigenvalue weighted by Gasteiger charge is -2.28. The molecule has 1 unspecified atom stereocenters. The van der Waals surface area contributed by atoms with Gasteiger partial charge >= 0.3 is 0 Å². The number of aryl methyl sites for hydroxylation is 1. The first kappa shape index (κ1) is 17.6. The summed E-state index contributed by atoms with van der Waals surface area (Å²) in [6.45, 7) is 9.11. The number of primary sulfonamides is 1. The lowest BCUT2D eigenvalue weighted by molar-refractivity contribution is 0.0909. The molecule has 0 bridgehead atoms. The van der Waals surface area contributed by atoms with Crippen molar-refractivity contribution in [2.45, 2.75) is 45.6 Å². The minimum Gasteiger partial charge on any atom is -0.349 e. The van der Waals surface area contributed by atoms with Gasteiger partial charge in [0.2, 0.25) is 10.0 Å². The molecule has 0 spiro atoms. The summed E-state index contributed by atoms with van der Waals surface area (Å²) in [7, 11) is -4.22. The Bertz CT molecular complexity index is 664. The maximum absolute atomic E-state index is 13.8. The Hall–Kier alpha value is -1.47. The van der Waals surface area contributed by atoms with Gasteiger partial charge < -0.3 is 5.32 Å². The number of amides is 1. The molecule has 3 N–H and O–H groups in total. The summed E-state index contributed by atoms with van der Waals surface area (Å²) in [5.74, 6) is -1.40. The highest BCUT2D eigenvalue weighted by atomic mass is 32.2. The van der Waals surface area contributed by atoms with E-state index < -0.39 is 26.6 Å². The zero-order chi connectivity index (χ0) is 16.6. The van der Waals surface area contributed by atoms with E-state index in [4.69, 9.17) is 5.14 Å². The van der Waals surface area contributed by atoms with Crippen LogP contribution in [-0.4, -0.2) is 20.4 Å². The molecule has 118 valence electrons. The largest absolute Gasteiger partial charge is 0.349 e. The highest BCUT2D eigenvalue weighted by molar-refractivity contribution is 7.89. The molecule has 1 atom stereocenters. The van der Waals surface area contributed by atoms with Crippen molar-refractivity contribution in [2.75, 3.05) is 0 Å². The van der Waals surface area contributed by atoms with E-state index >= 15 is 0 Å². The molecule has 0 aliphatic rings. The Morgan fingerprint density at radius 1 is 1.33 bits per heavy atom. The number of benzene rings is 1. The molecule has 0 saturated heterocycles. The van der Waals surface area contributed by atoms with Gasteiger partial charge in [0.15, 0.2) is 0 Å². The first-order chi connectivity index (χ1) is 9.34. The molecule has 0 aromatic heterocycles. The van der Waals surface area contributed by atoms with Gasteiger partial charge in [-0.3, -0.25) is 4.79 Å². The fraction of sp³-hybridized carbons (Fsp3) is 0.500. The average molecular weight is 316 g/mol. The number of nitrogens with two attached hydrogens (primary N) is 1. The molecule has 21 heavy (non-hydrogen) atoms. The third-order valence-corrected chi connectivity index (χ3v) is 4.35. The van der Waals surface area contributed by atoms with Gasteiger partial charge in [-0.15, -0.1) is 0 Å². The lowest BCUT2D eigenvalue weighted by Crippen LogP contribution is -2.41. The van der Waals surface area contributed by atoms with Gasteiger partial charge in [0.1, 0.15) is 10.7 Å². The minimum absolute atomic E-state index is 0.0510. The number of carbonyl (C=O) groups is 1.